The smallest absolute Gasteiger partial charge is 0.255 e. The fourth-order valence-corrected chi connectivity index (χ4v) is 3.46. The standard InChI is InChI=1S/C16H22ClN3O/c1-12-3-2-4-14(15(12)17)16(21)20-8-5-13(11-20)19-9-6-18-7-10-19/h2-4,13,18H,5-11H2,1H3. The third-order valence-electron chi connectivity index (χ3n) is 4.54. The van der Waals surface area contributed by atoms with E-state index in [0.29, 0.717) is 16.6 Å². The molecule has 2 saturated heterocycles. The molecule has 1 aromatic rings. The van der Waals surface area contributed by atoms with Crippen LogP contribution < -0.4 is 5.32 Å². The van der Waals surface area contributed by atoms with Crippen molar-refractivity contribution in [1.29, 1.82) is 0 Å². The van der Waals surface area contributed by atoms with Gasteiger partial charge in [-0.25, -0.2) is 0 Å². The highest BCUT2D eigenvalue weighted by atomic mass is 35.5. The number of hydrogen-bond donors (Lipinski definition) is 1. The molecule has 2 aliphatic heterocycles. The van der Waals surface area contributed by atoms with Gasteiger partial charge >= 0.3 is 0 Å². The first-order valence-corrected chi connectivity index (χ1v) is 8.04. The van der Waals surface area contributed by atoms with Gasteiger partial charge in [0.05, 0.1) is 10.6 Å². The highest BCUT2D eigenvalue weighted by Crippen LogP contribution is 2.24. The summed E-state index contributed by atoms with van der Waals surface area (Å²) in [6.07, 6.45) is 1.06. The SMILES string of the molecule is Cc1cccc(C(=O)N2CCC(N3CCNCC3)C2)c1Cl. The van der Waals surface area contributed by atoms with E-state index in [9.17, 15) is 4.79 Å². The number of carbonyl (C=O) groups excluding carboxylic acids is 1. The van der Waals surface area contributed by atoms with Gasteiger partial charge in [-0.05, 0) is 25.0 Å². The molecular formula is C16H22ClN3O. The summed E-state index contributed by atoms with van der Waals surface area (Å²) in [5, 5.41) is 3.96. The molecule has 4 nitrogen and oxygen atoms in total. The Kier molecular flexibility index (Phi) is 4.48. The van der Waals surface area contributed by atoms with Gasteiger partial charge in [-0.2, -0.15) is 0 Å². The van der Waals surface area contributed by atoms with Crippen molar-refractivity contribution >= 4 is 17.5 Å². The highest BCUT2D eigenvalue weighted by molar-refractivity contribution is 6.34. The summed E-state index contributed by atoms with van der Waals surface area (Å²) in [5.41, 5.74) is 1.60. The van der Waals surface area contributed by atoms with Crippen LogP contribution >= 0.6 is 11.6 Å². The molecule has 2 fully saturated rings. The normalized spacial score (nSPS) is 23.5. The number of carbonyl (C=O) groups is 1. The van der Waals surface area contributed by atoms with E-state index in [-0.39, 0.29) is 5.91 Å². The third-order valence-corrected chi connectivity index (χ3v) is 5.04. The maximum Gasteiger partial charge on any atom is 0.255 e. The lowest BCUT2D eigenvalue weighted by atomic mass is 10.1. The summed E-state index contributed by atoms with van der Waals surface area (Å²) in [4.78, 5) is 17.1. The number of piperazine rings is 1. The average Bonchev–Trinajstić information content (AvgIpc) is 3.00. The van der Waals surface area contributed by atoms with Gasteiger partial charge in [0, 0.05) is 45.3 Å². The molecule has 0 bridgehead atoms. The molecule has 114 valence electrons. The zero-order valence-electron chi connectivity index (χ0n) is 12.4. The van der Waals surface area contributed by atoms with Gasteiger partial charge in [0.1, 0.15) is 0 Å². The second-order valence-corrected chi connectivity index (χ2v) is 6.29. The summed E-state index contributed by atoms with van der Waals surface area (Å²) in [5.74, 6) is 0.0707. The van der Waals surface area contributed by atoms with Gasteiger partial charge in [-0.1, -0.05) is 23.7 Å². The summed E-state index contributed by atoms with van der Waals surface area (Å²) in [6, 6.07) is 6.17. The average molecular weight is 308 g/mol. The monoisotopic (exact) mass is 307 g/mol. The quantitative estimate of drug-likeness (QED) is 0.904. The number of amides is 1. The number of hydrogen-bond acceptors (Lipinski definition) is 3. The maximum absolute atomic E-state index is 12.7. The Hall–Kier alpha value is -1.10. The second kappa shape index (κ2) is 6.34. The molecule has 0 saturated carbocycles. The van der Waals surface area contributed by atoms with Crippen LogP contribution in [0.1, 0.15) is 22.3 Å². The molecule has 1 aromatic carbocycles. The van der Waals surface area contributed by atoms with E-state index in [2.05, 4.69) is 10.2 Å². The fourth-order valence-electron chi connectivity index (χ4n) is 3.25. The largest absolute Gasteiger partial charge is 0.337 e. The van der Waals surface area contributed by atoms with Crippen molar-refractivity contribution in [3.63, 3.8) is 0 Å². The van der Waals surface area contributed by atoms with E-state index in [1.807, 2.05) is 30.0 Å². The minimum absolute atomic E-state index is 0.0707. The number of halogens is 1. The first-order valence-electron chi connectivity index (χ1n) is 7.66. The van der Waals surface area contributed by atoms with E-state index in [1.165, 1.54) is 0 Å². The molecule has 1 N–H and O–H groups in total. The second-order valence-electron chi connectivity index (χ2n) is 5.92. The molecule has 0 aromatic heterocycles. The molecule has 2 aliphatic rings. The van der Waals surface area contributed by atoms with Crippen molar-refractivity contribution in [2.45, 2.75) is 19.4 Å². The molecule has 0 spiro atoms. The third kappa shape index (κ3) is 3.07. The molecule has 1 atom stereocenters. The van der Waals surface area contributed by atoms with Crippen molar-refractivity contribution in [3.05, 3.63) is 34.3 Å². The fraction of sp³-hybridized carbons (Fsp3) is 0.562. The minimum Gasteiger partial charge on any atom is -0.337 e. The first-order chi connectivity index (χ1) is 10.2. The van der Waals surface area contributed by atoms with E-state index in [1.54, 1.807) is 0 Å². The van der Waals surface area contributed by atoms with Crippen molar-refractivity contribution in [2.24, 2.45) is 0 Å². The van der Waals surface area contributed by atoms with Gasteiger partial charge in [0.25, 0.3) is 5.91 Å². The molecule has 5 heteroatoms. The first kappa shape index (κ1) is 14.8. The number of aryl methyl sites for hydroxylation is 1. The van der Waals surface area contributed by atoms with Crippen LogP contribution in [-0.2, 0) is 0 Å². The van der Waals surface area contributed by atoms with E-state index < -0.39 is 0 Å². The Morgan fingerprint density at radius 1 is 1.29 bits per heavy atom. The van der Waals surface area contributed by atoms with Crippen molar-refractivity contribution < 1.29 is 4.79 Å². The van der Waals surface area contributed by atoms with E-state index in [0.717, 1.165) is 51.3 Å². The van der Waals surface area contributed by atoms with Crippen LogP contribution in [0.4, 0.5) is 0 Å². The van der Waals surface area contributed by atoms with Crippen LogP contribution in [0, 0.1) is 6.92 Å². The van der Waals surface area contributed by atoms with Gasteiger partial charge in [0.2, 0.25) is 0 Å². The van der Waals surface area contributed by atoms with Gasteiger partial charge in [-0.3, -0.25) is 9.69 Å². The summed E-state index contributed by atoms with van der Waals surface area (Å²) in [7, 11) is 0. The summed E-state index contributed by atoms with van der Waals surface area (Å²) < 4.78 is 0. The number of likely N-dealkylation sites (tertiary alicyclic amines) is 1. The van der Waals surface area contributed by atoms with Crippen LogP contribution in [0.15, 0.2) is 18.2 Å². The molecular weight excluding hydrogens is 286 g/mol. The van der Waals surface area contributed by atoms with Gasteiger partial charge in [-0.15, -0.1) is 0 Å². The zero-order chi connectivity index (χ0) is 14.8. The van der Waals surface area contributed by atoms with Crippen LogP contribution in [0.25, 0.3) is 0 Å². The van der Waals surface area contributed by atoms with E-state index in [4.69, 9.17) is 11.6 Å². The van der Waals surface area contributed by atoms with Crippen LogP contribution in [0.3, 0.4) is 0 Å². The minimum atomic E-state index is 0.0707. The molecule has 1 amide bonds. The Labute approximate surface area is 131 Å². The predicted octanol–water partition coefficient (Wildman–Crippen LogP) is 1.77. The highest BCUT2D eigenvalue weighted by Gasteiger charge is 2.31. The molecule has 21 heavy (non-hydrogen) atoms. The number of nitrogens with zero attached hydrogens (tertiary/aromatic N) is 2. The summed E-state index contributed by atoms with van der Waals surface area (Å²) in [6.45, 7) is 7.85. The van der Waals surface area contributed by atoms with Crippen molar-refractivity contribution in [3.8, 4) is 0 Å². The van der Waals surface area contributed by atoms with E-state index >= 15 is 0 Å². The van der Waals surface area contributed by atoms with Gasteiger partial charge < -0.3 is 10.2 Å². The van der Waals surface area contributed by atoms with Crippen LogP contribution in [-0.4, -0.2) is 61.0 Å². The lowest BCUT2D eigenvalue weighted by Gasteiger charge is -2.32. The van der Waals surface area contributed by atoms with Crippen molar-refractivity contribution in [1.82, 2.24) is 15.1 Å². The Morgan fingerprint density at radius 3 is 2.81 bits per heavy atom. The van der Waals surface area contributed by atoms with Crippen molar-refractivity contribution in [2.75, 3.05) is 39.3 Å². The molecule has 3 rings (SSSR count). The molecule has 0 radical (unpaired) electrons. The number of rotatable bonds is 2. The Morgan fingerprint density at radius 2 is 2.05 bits per heavy atom. The molecule has 0 aliphatic carbocycles. The molecule has 1 unspecified atom stereocenters. The zero-order valence-corrected chi connectivity index (χ0v) is 13.2. The maximum atomic E-state index is 12.7. The molecule has 2 heterocycles. The van der Waals surface area contributed by atoms with Crippen LogP contribution in [0.2, 0.25) is 5.02 Å². The lowest BCUT2D eigenvalue weighted by Crippen LogP contribution is -2.49. The predicted molar refractivity (Wildman–Crippen MR) is 84.9 cm³/mol. The Bertz CT molecular complexity index is 528. The van der Waals surface area contributed by atoms with Crippen LogP contribution in [0.5, 0.6) is 0 Å². The lowest BCUT2D eigenvalue weighted by molar-refractivity contribution is 0.0773. The number of benzene rings is 1. The summed E-state index contributed by atoms with van der Waals surface area (Å²) >= 11 is 6.29. The Balaban J connectivity index is 1.68. The van der Waals surface area contributed by atoms with Gasteiger partial charge in [0.15, 0.2) is 0 Å². The number of nitrogens with one attached hydrogen (secondary N) is 1. The topological polar surface area (TPSA) is 35.6 Å².